The van der Waals surface area contributed by atoms with Gasteiger partial charge in [-0.25, -0.2) is 0 Å². The van der Waals surface area contributed by atoms with Crippen molar-refractivity contribution in [2.75, 3.05) is 45.9 Å². The lowest BCUT2D eigenvalue weighted by molar-refractivity contribution is -0.149. The minimum Gasteiger partial charge on any atom is -0.367 e. The summed E-state index contributed by atoms with van der Waals surface area (Å²) >= 11 is 0. The summed E-state index contributed by atoms with van der Waals surface area (Å²) < 4.78 is 5.62. The van der Waals surface area contributed by atoms with Gasteiger partial charge in [-0.3, -0.25) is 9.59 Å². The van der Waals surface area contributed by atoms with Gasteiger partial charge >= 0.3 is 0 Å². The molecule has 7 nitrogen and oxygen atoms in total. The van der Waals surface area contributed by atoms with Crippen LogP contribution in [0.5, 0.6) is 0 Å². The molecule has 0 bridgehead atoms. The average molecular weight is 374 g/mol. The highest BCUT2D eigenvalue weighted by Gasteiger charge is 2.31. The Morgan fingerprint density at radius 1 is 1.19 bits per heavy atom. The molecule has 1 unspecified atom stereocenters. The highest BCUT2D eigenvalue weighted by atomic mass is 16.5. The number of nitrogens with zero attached hydrogens (tertiary/aromatic N) is 2. The SMILES string of the molecule is O=C(NCC1CN(CC2CCN(CC3CC3)CC2)C(=O)CO1)c1cc[nH]c1. The molecule has 3 fully saturated rings. The fourth-order valence-electron chi connectivity index (χ4n) is 4.08. The highest BCUT2D eigenvalue weighted by Crippen LogP contribution is 2.31. The minimum atomic E-state index is -0.138. The van der Waals surface area contributed by atoms with E-state index in [1.807, 2.05) is 4.90 Å². The van der Waals surface area contributed by atoms with Crippen LogP contribution in [0.15, 0.2) is 18.5 Å². The Morgan fingerprint density at radius 2 is 1.96 bits per heavy atom. The number of piperidine rings is 1. The van der Waals surface area contributed by atoms with Gasteiger partial charge in [0.15, 0.2) is 0 Å². The van der Waals surface area contributed by atoms with Gasteiger partial charge in [0.2, 0.25) is 5.91 Å². The summed E-state index contributed by atoms with van der Waals surface area (Å²) in [7, 11) is 0. The van der Waals surface area contributed by atoms with E-state index in [1.165, 1.54) is 32.2 Å². The van der Waals surface area contributed by atoms with Gasteiger partial charge in [0.05, 0.1) is 11.7 Å². The van der Waals surface area contributed by atoms with Crippen molar-refractivity contribution >= 4 is 11.8 Å². The quantitative estimate of drug-likeness (QED) is 0.749. The van der Waals surface area contributed by atoms with Crippen LogP contribution in [-0.2, 0) is 9.53 Å². The summed E-state index contributed by atoms with van der Waals surface area (Å²) in [5.74, 6) is 1.48. The Balaban J connectivity index is 1.20. The van der Waals surface area contributed by atoms with E-state index in [-0.39, 0.29) is 24.5 Å². The van der Waals surface area contributed by atoms with E-state index in [0.717, 1.165) is 25.6 Å². The number of hydrogen-bond acceptors (Lipinski definition) is 4. The first kappa shape index (κ1) is 18.5. The van der Waals surface area contributed by atoms with Gasteiger partial charge < -0.3 is 24.8 Å². The first-order valence-corrected chi connectivity index (χ1v) is 10.2. The Hall–Kier alpha value is -1.86. The van der Waals surface area contributed by atoms with E-state index in [2.05, 4.69) is 15.2 Å². The third kappa shape index (κ3) is 5.11. The highest BCUT2D eigenvalue weighted by molar-refractivity contribution is 5.93. The maximum Gasteiger partial charge on any atom is 0.252 e. The zero-order valence-corrected chi connectivity index (χ0v) is 15.9. The van der Waals surface area contributed by atoms with Crippen molar-refractivity contribution in [3.8, 4) is 0 Å². The number of H-pyrrole nitrogens is 1. The predicted molar refractivity (Wildman–Crippen MR) is 101 cm³/mol. The van der Waals surface area contributed by atoms with E-state index in [4.69, 9.17) is 4.74 Å². The van der Waals surface area contributed by atoms with E-state index in [1.54, 1.807) is 18.5 Å². The van der Waals surface area contributed by atoms with Crippen molar-refractivity contribution in [1.29, 1.82) is 0 Å². The van der Waals surface area contributed by atoms with Crippen LogP contribution in [0.4, 0.5) is 0 Å². The molecule has 0 radical (unpaired) electrons. The monoisotopic (exact) mass is 374 g/mol. The molecule has 1 saturated carbocycles. The molecule has 3 aliphatic rings. The van der Waals surface area contributed by atoms with E-state index in [0.29, 0.717) is 24.6 Å². The molecule has 3 heterocycles. The molecule has 0 aromatic carbocycles. The number of amides is 2. The molecule has 27 heavy (non-hydrogen) atoms. The van der Waals surface area contributed by atoms with Crippen LogP contribution in [0.3, 0.4) is 0 Å². The molecule has 2 amide bonds. The van der Waals surface area contributed by atoms with Crippen LogP contribution in [-0.4, -0.2) is 78.6 Å². The Kier molecular flexibility index (Phi) is 5.78. The Morgan fingerprint density at radius 3 is 2.67 bits per heavy atom. The molecule has 1 aromatic rings. The second-order valence-electron chi connectivity index (χ2n) is 8.23. The van der Waals surface area contributed by atoms with Crippen molar-refractivity contribution in [2.24, 2.45) is 11.8 Å². The lowest BCUT2D eigenvalue weighted by Crippen LogP contribution is -2.52. The summed E-state index contributed by atoms with van der Waals surface area (Å²) in [6, 6.07) is 1.74. The number of rotatable bonds is 7. The number of hydrogen-bond donors (Lipinski definition) is 2. The molecule has 1 aliphatic carbocycles. The van der Waals surface area contributed by atoms with Crippen molar-refractivity contribution in [3.63, 3.8) is 0 Å². The van der Waals surface area contributed by atoms with Crippen LogP contribution in [0.25, 0.3) is 0 Å². The zero-order valence-electron chi connectivity index (χ0n) is 15.9. The Bertz CT molecular complexity index is 636. The number of nitrogens with one attached hydrogen (secondary N) is 2. The lowest BCUT2D eigenvalue weighted by Gasteiger charge is -2.38. The second kappa shape index (κ2) is 8.44. The largest absolute Gasteiger partial charge is 0.367 e. The van der Waals surface area contributed by atoms with Crippen LogP contribution in [0.2, 0.25) is 0 Å². The fourth-order valence-corrected chi connectivity index (χ4v) is 4.08. The number of carbonyl (C=O) groups is 2. The molecule has 1 atom stereocenters. The van der Waals surface area contributed by atoms with Crippen molar-refractivity contribution in [2.45, 2.75) is 31.8 Å². The number of carbonyl (C=O) groups excluding carboxylic acids is 2. The topological polar surface area (TPSA) is 77.7 Å². The van der Waals surface area contributed by atoms with Gasteiger partial charge in [-0.1, -0.05) is 0 Å². The van der Waals surface area contributed by atoms with Gasteiger partial charge in [0.1, 0.15) is 6.61 Å². The predicted octanol–water partition coefficient (Wildman–Crippen LogP) is 1.09. The summed E-state index contributed by atoms with van der Waals surface area (Å²) in [6.07, 6.45) is 8.41. The number of morpholine rings is 1. The molecule has 7 heteroatoms. The van der Waals surface area contributed by atoms with Gasteiger partial charge in [-0.15, -0.1) is 0 Å². The maximum absolute atomic E-state index is 12.3. The standard InChI is InChI=1S/C20H30N4O3/c25-19-14-27-18(10-22-20(26)17-3-6-21-9-17)13-24(19)12-16-4-7-23(8-5-16)11-15-1-2-15/h3,6,9,15-16,18,21H,1-2,4-5,7-8,10-14H2,(H,22,26). The van der Waals surface area contributed by atoms with Crippen LogP contribution in [0, 0.1) is 11.8 Å². The summed E-state index contributed by atoms with van der Waals surface area (Å²) in [5, 5.41) is 2.90. The van der Waals surface area contributed by atoms with E-state index < -0.39 is 0 Å². The van der Waals surface area contributed by atoms with E-state index >= 15 is 0 Å². The third-order valence-electron chi connectivity index (χ3n) is 5.97. The molecule has 1 aromatic heterocycles. The van der Waals surface area contributed by atoms with Gasteiger partial charge in [-0.05, 0) is 56.7 Å². The zero-order chi connectivity index (χ0) is 18.6. The van der Waals surface area contributed by atoms with Crippen molar-refractivity contribution in [3.05, 3.63) is 24.0 Å². The molecule has 0 spiro atoms. The molecular weight excluding hydrogens is 344 g/mol. The first-order chi connectivity index (χ1) is 13.2. The maximum atomic E-state index is 12.3. The molecule has 2 N–H and O–H groups in total. The smallest absolute Gasteiger partial charge is 0.252 e. The van der Waals surface area contributed by atoms with Gasteiger partial charge in [-0.2, -0.15) is 0 Å². The first-order valence-electron chi connectivity index (χ1n) is 10.2. The summed E-state index contributed by atoms with van der Waals surface area (Å²) in [6.45, 7) is 5.52. The number of aromatic amines is 1. The molecular formula is C20H30N4O3. The molecule has 4 rings (SSSR count). The number of aromatic nitrogens is 1. The summed E-state index contributed by atoms with van der Waals surface area (Å²) in [5.41, 5.74) is 0.608. The Labute approximate surface area is 160 Å². The minimum absolute atomic E-state index is 0.0728. The molecule has 2 saturated heterocycles. The third-order valence-corrected chi connectivity index (χ3v) is 5.97. The van der Waals surface area contributed by atoms with Crippen LogP contribution >= 0.6 is 0 Å². The van der Waals surface area contributed by atoms with Crippen molar-refractivity contribution < 1.29 is 14.3 Å². The van der Waals surface area contributed by atoms with Crippen LogP contribution < -0.4 is 5.32 Å². The van der Waals surface area contributed by atoms with Gasteiger partial charge in [0.25, 0.3) is 5.91 Å². The summed E-state index contributed by atoms with van der Waals surface area (Å²) in [4.78, 5) is 31.7. The number of likely N-dealkylation sites (tertiary alicyclic amines) is 1. The van der Waals surface area contributed by atoms with Crippen LogP contribution in [0.1, 0.15) is 36.0 Å². The van der Waals surface area contributed by atoms with Crippen molar-refractivity contribution in [1.82, 2.24) is 20.1 Å². The average Bonchev–Trinajstić information content (AvgIpc) is 3.31. The van der Waals surface area contributed by atoms with E-state index in [9.17, 15) is 9.59 Å². The normalized spacial score (nSPS) is 25.0. The van der Waals surface area contributed by atoms with Gasteiger partial charge in [0, 0.05) is 38.6 Å². The fraction of sp³-hybridized carbons (Fsp3) is 0.700. The lowest BCUT2D eigenvalue weighted by atomic mass is 9.95. The molecule has 2 aliphatic heterocycles. The molecule has 148 valence electrons. The second-order valence-corrected chi connectivity index (χ2v) is 8.23. The number of ether oxygens (including phenoxy) is 1.